The van der Waals surface area contributed by atoms with Crippen LogP contribution in [0.15, 0.2) is 35.1 Å². The molecular formula is C17H20N4O3. The number of aromatic nitrogens is 2. The zero-order valence-electron chi connectivity index (χ0n) is 13.4. The number of carbonyl (C=O) groups is 1. The summed E-state index contributed by atoms with van der Waals surface area (Å²) in [5.41, 5.74) is 1.51. The summed E-state index contributed by atoms with van der Waals surface area (Å²) in [6.07, 6.45) is 4.49. The minimum absolute atomic E-state index is 0.0490. The van der Waals surface area contributed by atoms with Crippen molar-refractivity contribution in [3.63, 3.8) is 0 Å². The summed E-state index contributed by atoms with van der Waals surface area (Å²) in [7, 11) is 0. The summed E-state index contributed by atoms with van der Waals surface area (Å²) in [6.45, 7) is 2.32. The van der Waals surface area contributed by atoms with Gasteiger partial charge < -0.3 is 19.4 Å². The van der Waals surface area contributed by atoms with E-state index in [2.05, 4.69) is 15.5 Å². The second-order valence-corrected chi connectivity index (χ2v) is 6.37. The topological polar surface area (TPSA) is 80.5 Å². The first-order valence-electron chi connectivity index (χ1n) is 8.31. The minimum Gasteiger partial charge on any atom is -0.423 e. The molecule has 0 radical (unpaired) electrons. The number of hydrogen-bond acceptors (Lipinski definition) is 5. The minimum atomic E-state index is -0.0490. The maximum atomic E-state index is 12.7. The summed E-state index contributed by atoms with van der Waals surface area (Å²) in [6, 6.07) is 7.76. The zero-order valence-corrected chi connectivity index (χ0v) is 13.4. The summed E-state index contributed by atoms with van der Waals surface area (Å²) >= 11 is 0. The van der Waals surface area contributed by atoms with E-state index in [4.69, 9.17) is 9.15 Å². The summed E-state index contributed by atoms with van der Waals surface area (Å²) in [5, 5.41) is 10.6. The number of ether oxygens (including phenoxy) is 1. The highest BCUT2D eigenvalue weighted by molar-refractivity contribution is 5.90. The van der Waals surface area contributed by atoms with Gasteiger partial charge in [0.15, 0.2) is 0 Å². The Hall–Kier alpha value is -2.41. The lowest BCUT2D eigenvalue weighted by atomic mass is 10.1. The van der Waals surface area contributed by atoms with Crippen molar-refractivity contribution >= 4 is 11.7 Å². The fourth-order valence-corrected chi connectivity index (χ4v) is 3.01. The predicted molar refractivity (Wildman–Crippen MR) is 87.4 cm³/mol. The van der Waals surface area contributed by atoms with Gasteiger partial charge in [-0.05, 0) is 37.5 Å². The Kier molecular flexibility index (Phi) is 4.17. The number of carbonyl (C=O) groups excluding carboxylic acids is 1. The molecule has 2 aliphatic rings. The van der Waals surface area contributed by atoms with Crippen LogP contribution in [0.4, 0.5) is 10.5 Å². The van der Waals surface area contributed by atoms with Crippen LogP contribution in [0.5, 0.6) is 0 Å². The third-order valence-electron chi connectivity index (χ3n) is 4.45. The van der Waals surface area contributed by atoms with Gasteiger partial charge in [0.25, 0.3) is 0 Å². The third-order valence-corrected chi connectivity index (χ3v) is 4.45. The van der Waals surface area contributed by atoms with Gasteiger partial charge in [0.2, 0.25) is 12.3 Å². The van der Waals surface area contributed by atoms with E-state index in [1.54, 1.807) is 0 Å². The molecule has 1 aliphatic carbocycles. The lowest BCUT2D eigenvalue weighted by Gasteiger charge is -2.25. The number of amides is 2. The maximum absolute atomic E-state index is 12.7. The zero-order chi connectivity index (χ0) is 16.4. The van der Waals surface area contributed by atoms with Crippen molar-refractivity contribution in [3.8, 4) is 11.5 Å². The van der Waals surface area contributed by atoms with Crippen LogP contribution in [0.2, 0.25) is 0 Å². The molecule has 0 bridgehead atoms. The second kappa shape index (κ2) is 6.60. The number of nitrogens with zero attached hydrogens (tertiary/aromatic N) is 3. The van der Waals surface area contributed by atoms with E-state index in [1.807, 2.05) is 29.2 Å². The van der Waals surface area contributed by atoms with Crippen LogP contribution in [0.25, 0.3) is 11.5 Å². The molecule has 4 rings (SSSR count). The van der Waals surface area contributed by atoms with E-state index >= 15 is 0 Å². The van der Waals surface area contributed by atoms with Crippen LogP contribution in [-0.2, 0) is 4.74 Å². The first kappa shape index (κ1) is 15.1. The van der Waals surface area contributed by atoms with Gasteiger partial charge in [0.1, 0.15) is 0 Å². The van der Waals surface area contributed by atoms with Gasteiger partial charge in [0, 0.05) is 36.4 Å². The molecule has 1 aromatic heterocycles. The predicted octanol–water partition coefficient (Wildman–Crippen LogP) is 2.77. The van der Waals surface area contributed by atoms with Crippen molar-refractivity contribution in [1.29, 1.82) is 0 Å². The number of rotatable bonds is 5. The summed E-state index contributed by atoms with van der Waals surface area (Å²) in [5.74, 6) is 0.884. The number of benzene rings is 1. The first-order chi connectivity index (χ1) is 11.8. The molecule has 1 atom stereocenters. The normalized spacial score (nSPS) is 20.1. The maximum Gasteiger partial charge on any atom is 0.322 e. The van der Waals surface area contributed by atoms with E-state index in [9.17, 15) is 4.79 Å². The highest BCUT2D eigenvalue weighted by Gasteiger charge is 2.34. The lowest BCUT2D eigenvalue weighted by molar-refractivity contribution is 0.167. The van der Waals surface area contributed by atoms with Gasteiger partial charge in [-0.1, -0.05) is 6.07 Å². The van der Waals surface area contributed by atoms with Crippen LogP contribution in [-0.4, -0.2) is 46.9 Å². The molecule has 1 aliphatic heterocycles. The van der Waals surface area contributed by atoms with Crippen molar-refractivity contribution in [2.24, 2.45) is 5.92 Å². The van der Waals surface area contributed by atoms with Crippen LogP contribution < -0.4 is 5.32 Å². The quantitative estimate of drug-likeness (QED) is 0.913. The van der Waals surface area contributed by atoms with E-state index in [0.29, 0.717) is 17.9 Å². The molecule has 2 heterocycles. The van der Waals surface area contributed by atoms with Gasteiger partial charge >= 0.3 is 6.03 Å². The molecule has 7 heteroatoms. The first-order valence-corrected chi connectivity index (χ1v) is 8.31. The Bertz CT molecular complexity index is 694. The van der Waals surface area contributed by atoms with E-state index in [0.717, 1.165) is 50.3 Å². The average Bonchev–Trinajstić information content (AvgIpc) is 3.08. The molecule has 0 spiro atoms. The van der Waals surface area contributed by atoms with Gasteiger partial charge in [-0.15, -0.1) is 10.2 Å². The molecule has 7 nitrogen and oxygen atoms in total. The Balaban J connectivity index is 1.45. The van der Waals surface area contributed by atoms with Crippen LogP contribution in [0.3, 0.4) is 0 Å². The lowest BCUT2D eigenvalue weighted by Crippen LogP contribution is -2.40. The molecule has 1 N–H and O–H groups in total. The summed E-state index contributed by atoms with van der Waals surface area (Å²) in [4.78, 5) is 14.7. The molecule has 2 fully saturated rings. The van der Waals surface area contributed by atoms with Crippen molar-refractivity contribution < 1.29 is 13.9 Å². The van der Waals surface area contributed by atoms with Crippen LogP contribution in [0.1, 0.15) is 19.3 Å². The average molecular weight is 328 g/mol. The van der Waals surface area contributed by atoms with Crippen molar-refractivity contribution in [3.05, 3.63) is 30.7 Å². The standard InChI is InChI=1S/C17H20N4O3/c22-17(21(15-4-5-15)9-12-6-7-23-10-12)19-14-3-1-2-13(8-14)16-20-18-11-24-16/h1-3,8,11-12,15H,4-7,9-10H2,(H,19,22)/t12-/m0/s1. The van der Waals surface area contributed by atoms with E-state index in [-0.39, 0.29) is 6.03 Å². The SMILES string of the molecule is O=C(Nc1cccc(-c2nnco2)c1)N(C[C@@H]1CCOC1)C1CC1. The smallest absolute Gasteiger partial charge is 0.322 e. The number of hydrogen-bond donors (Lipinski definition) is 1. The van der Waals surface area contributed by atoms with E-state index < -0.39 is 0 Å². The molecule has 1 saturated heterocycles. The monoisotopic (exact) mass is 328 g/mol. The Morgan fingerprint density at radius 3 is 2.96 bits per heavy atom. The highest BCUT2D eigenvalue weighted by Crippen LogP contribution is 2.30. The molecule has 1 aromatic carbocycles. The fourth-order valence-electron chi connectivity index (χ4n) is 3.01. The van der Waals surface area contributed by atoms with Crippen molar-refractivity contribution in [2.75, 3.05) is 25.1 Å². The van der Waals surface area contributed by atoms with Crippen LogP contribution >= 0.6 is 0 Å². The Morgan fingerprint density at radius 2 is 2.25 bits per heavy atom. The van der Waals surface area contributed by atoms with Gasteiger partial charge in [-0.3, -0.25) is 0 Å². The van der Waals surface area contributed by atoms with Crippen molar-refractivity contribution in [2.45, 2.75) is 25.3 Å². The summed E-state index contributed by atoms with van der Waals surface area (Å²) < 4.78 is 10.6. The molecule has 126 valence electrons. The molecule has 0 unspecified atom stereocenters. The number of nitrogens with one attached hydrogen (secondary N) is 1. The molecule has 2 aromatic rings. The van der Waals surface area contributed by atoms with Crippen molar-refractivity contribution in [1.82, 2.24) is 15.1 Å². The fraction of sp³-hybridized carbons (Fsp3) is 0.471. The van der Waals surface area contributed by atoms with Gasteiger partial charge in [-0.2, -0.15) is 0 Å². The molecule has 1 saturated carbocycles. The third kappa shape index (κ3) is 3.41. The van der Waals surface area contributed by atoms with Gasteiger partial charge in [-0.25, -0.2) is 4.79 Å². The van der Waals surface area contributed by atoms with Crippen LogP contribution in [0, 0.1) is 5.92 Å². The largest absolute Gasteiger partial charge is 0.423 e. The van der Waals surface area contributed by atoms with E-state index in [1.165, 1.54) is 6.39 Å². The number of urea groups is 1. The second-order valence-electron chi connectivity index (χ2n) is 6.37. The highest BCUT2D eigenvalue weighted by atomic mass is 16.5. The molecular weight excluding hydrogens is 308 g/mol. The Morgan fingerprint density at radius 1 is 1.33 bits per heavy atom. The molecule has 2 amide bonds. The Labute approximate surface area is 140 Å². The van der Waals surface area contributed by atoms with Gasteiger partial charge in [0.05, 0.1) is 6.61 Å². The number of anilines is 1. The molecule has 24 heavy (non-hydrogen) atoms.